The predicted molar refractivity (Wildman–Crippen MR) is 245 cm³/mol. The SMILES string of the molecule is CC#N.CC#N.C[C@@H]1CCNC[C@H](C)N[C@@H](C)CCNC[C@@H](C)N1.C[C@@H]1CCN[C@H](C)CN[C@@H](C)CCN[C@@H](C)CN1.[N-]=C=S.[N-]=C=S.[N-]=C=S.[N-]=C=S.[Ni+2].[Ni+2]. The van der Waals surface area contributed by atoms with Crippen LogP contribution < -0.4 is 42.5 Å². The van der Waals surface area contributed by atoms with Crippen molar-refractivity contribution in [3.05, 3.63) is 21.6 Å². The Kier molecular flexibility index (Phi) is 81.6. The molecule has 2 aliphatic rings. The molecule has 2 heterocycles. The van der Waals surface area contributed by atoms with Gasteiger partial charge in [0.25, 0.3) is 0 Å². The second-order valence-corrected chi connectivity index (χ2v) is 13.4. The molecule has 0 spiro atoms. The number of rotatable bonds is 0. The molecular weight excluding hydrogens is 874 g/mol. The number of isothiocyanates is 4. The van der Waals surface area contributed by atoms with Crippen LogP contribution in [0.15, 0.2) is 0 Å². The third-order valence-corrected chi connectivity index (χ3v) is 7.23. The van der Waals surface area contributed by atoms with Gasteiger partial charge in [0.05, 0.1) is 12.1 Å². The molecule has 0 aromatic rings. The van der Waals surface area contributed by atoms with Crippen LogP contribution in [0.1, 0.15) is 94.9 Å². The molecule has 0 saturated carbocycles. The summed E-state index contributed by atoms with van der Waals surface area (Å²) in [5.41, 5.74) is 0. The van der Waals surface area contributed by atoms with Gasteiger partial charge >= 0.3 is 33.0 Å². The summed E-state index contributed by atoms with van der Waals surface area (Å²) in [6.07, 6.45) is 4.75. The van der Waals surface area contributed by atoms with Crippen LogP contribution in [-0.4, -0.2) is 121 Å². The van der Waals surface area contributed by atoms with E-state index in [0.29, 0.717) is 48.3 Å². The maximum Gasteiger partial charge on any atom is 2.00 e. The molecule has 2 fully saturated rings. The van der Waals surface area contributed by atoms with Gasteiger partial charge in [-0.05, 0) is 107 Å². The second-order valence-electron chi connectivity index (χ2n) is 12.6. The van der Waals surface area contributed by atoms with E-state index in [-0.39, 0.29) is 33.0 Å². The molecule has 2 rings (SSSR count). The van der Waals surface area contributed by atoms with E-state index in [0.717, 1.165) is 52.4 Å². The normalized spacial score (nSPS) is 25.3. The number of nitrogens with one attached hydrogen (secondary N) is 8. The minimum absolute atomic E-state index is 0. The van der Waals surface area contributed by atoms with Crippen molar-refractivity contribution in [3.63, 3.8) is 0 Å². The van der Waals surface area contributed by atoms with Crippen LogP contribution in [-0.2, 0) is 33.0 Å². The summed E-state index contributed by atoms with van der Waals surface area (Å²) in [5.74, 6) is 0. The van der Waals surface area contributed by atoms with Crippen molar-refractivity contribution < 1.29 is 33.0 Å². The fraction of sp³-hybridized carbons (Fsp3) is 0.833. The molecule has 0 unspecified atom stereocenters. The van der Waals surface area contributed by atoms with Crippen LogP contribution in [0.25, 0.3) is 21.6 Å². The van der Waals surface area contributed by atoms with Gasteiger partial charge < -0.3 is 64.2 Å². The Hall–Kier alpha value is -1.15. The molecule has 328 valence electrons. The summed E-state index contributed by atoms with van der Waals surface area (Å²) in [6.45, 7) is 29.5. The van der Waals surface area contributed by atoms with Gasteiger partial charge in [-0.2, -0.15) is 31.2 Å². The van der Waals surface area contributed by atoms with Gasteiger partial charge in [0.2, 0.25) is 0 Å². The predicted octanol–water partition coefficient (Wildman–Crippen LogP) is 5.07. The van der Waals surface area contributed by atoms with E-state index in [2.05, 4.69) is 147 Å². The van der Waals surface area contributed by atoms with E-state index >= 15 is 0 Å². The van der Waals surface area contributed by atoms with Gasteiger partial charge in [-0.25, -0.2) is 0 Å². The number of nitrogens with zero attached hydrogens (tertiary/aromatic N) is 6. The van der Waals surface area contributed by atoms with Gasteiger partial charge in [0.1, 0.15) is 0 Å². The second kappa shape index (κ2) is 63.0. The Balaban J connectivity index is -0.0000000939. The molecule has 0 aliphatic carbocycles. The molecule has 0 amide bonds. The van der Waals surface area contributed by atoms with Crippen LogP contribution in [0.3, 0.4) is 0 Å². The molecule has 8 atom stereocenters. The van der Waals surface area contributed by atoms with E-state index < -0.39 is 0 Å². The molecule has 2 saturated heterocycles. The van der Waals surface area contributed by atoms with Crippen LogP contribution in [0.2, 0.25) is 0 Å². The summed E-state index contributed by atoms with van der Waals surface area (Å²) in [5, 5.41) is 77.2. The molecule has 0 radical (unpaired) electrons. The van der Waals surface area contributed by atoms with Crippen molar-refractivity contribution in [1.82, 2.24) is 42.5 Å². The Labute approximate surface area is 382 Å². The molecule has 0 aromatic carbocycles. The molecule has 0 bridgehead atoms. The Morgan fingerprint density at radius 3 is 0.893 bits per heavy atom. The monoisotopic (exact) mass is 942 g/mol. The zero-order valence-corrected chi connectivity index (χ0v) is 40.3. The number of nitriles is 2. The molecule has 8 N–H and O–H groups in total. The molecule has 0 aromatic heterocycles. The van der Waals surface area contributed by atoms with Gasteiger partial charge in [0, 0.05) is 88.4 Å². The maximum absolute atomic E-state index is 7.32. The number of hydrogen-bond acceptors (Lipinski definition) is 14. The molecule has 20 heteroatoms. The number of hydrogen-bond donors (Lipinski definition) is 8. The maximum atomic E-state index is 7.32. The average molecular weight is 945 g/mol. The van der Waals surface area contributed by atoms with Crippen molar-refractivity contribution in [2.24, 2.45) is 0 Å². The molecule has 2 aliphatic heterocycles. The van der Waals surface area contributed by atoms with Crippen LogP contribution >= 0.6 is 48.9 Å². The van der Waals surface area contributed by atoms with Crippen molar-refractivity contribution in [2.75, 3.05) is 52.4 Å². The van der Waals surface area contributed by atoms with Crippen molar-refractivity contribution in [1.29, 1.82) is 10.5 Å². The Bertz CT molecular complexity index is 884. The average Bonchev–Trinajstić information content (AvgIpc) is 3.09. The molecular formula is C36H70N14Ni2S4. The zero-order chi connectivity index (χ0) is 43.0. The first kappa shape index (κ1) is 72.5. The molecule has 56 heavy (non-hydrogen) atoms. The minimum Gasteiger partial charge on any atom is -0.753 e. The summed E-state index contributed by atoms with van der Waals surface area (Å²) in [4.78, 5) is 0. The minimum atomic E-state index is 0. The van der Waals surface area contributed by atoms with Crippen LogP contribution in [0, 0.1) is 22.7 Å². The summed E-state index contributed by atoms with van der Waals surface area (Å²) >= 11 is 14.8. The first-order valence-electron chi connectivity index (χ1n) is 18.2. The molecule has 14 nitrogen and oxygen atoms in total. The first-order valence-corrected chi connectivity index (χ1v) is 19.8. The summed E-state index contributed by atoms with van der Waals surface area (Å²) in [7, 11) is 0. The van der Waals surface area contributed by atoms with Gasteiger partial charge in [-0.15, -0.1) is 0 Å². The Morgan fingerprint density at radius 1 is 0.411 bits per heavy atom. The topological polar surface area (TPSA) is 233 Å². The van der Waals surface area contributed by atoms with E-state index in [1.165, 1.54) is 60.2 Å². The van der Waals surface area contributed by atoms with Crippen molar-refractivity contribution >= 4 is 69.5 Å². The fourth-order valence-corrected chi connectivity index (χ4v) is 4.73. The fourth-order valence-electron chi connectivity index (χ4n) is 4.73. The van der Waals surface area contributed by atoms with E-state index in [9.17, 15) is 0 Å². The summed E-state index contributed by atoms with van der Waals surface area (Å²) in [6, 6.07) is 8.03. The Morgan fingerprint density at radius 2 is 0.643 bits per heavy atom. The quantitative estimate of drug-likeness (QED) is 0.0901. The van der Waals surface area contributed by atoms with E-state index in [1.807, 2.05) is 0 Å². The third-order valence-electron chi connectivity index (χ3n) is 7.23. The summed E-state index contributed by atoms with van der Waals surface area (Å²) < 4.78 is 0. The standard InChI is InChI=1S/2C14H32N4.2C2H3N.4CNS.2Ni/c1-11-5-7-15-14(4)10-18-12(2)6-8-16-13(3)9-17-11;1-11-5-7-15-10-14(4)18-12(2)6-8-16-9-13(3)17-11;2*1-2-3;4*2-1-3;;/h2*11-18H,5-10H2,1-4H3;2*1H3;;;;;;/q;;;;4*-1;2*+2/t11-,12+,13+,14-;11-,12+,13-,14+;;;;;;;;. The van der Waals surface area contributed by atoms with Crippen molar-refractivity contribution in [3.8, 4) is 12.1 Å². The van der Waals surface area contributed by atoms with Gasteiger partial charge in [-0.3, -0.25) is 0 Å². The van der Waals surface area contributed by atoms with Crippen LogP contribution in [0.4, 0.5) is 0 Å². The van der Waals surface area contributed by atoms with Crippen LogP contribution in [0.5, 0.6) is 0 Å². The first-order chi connectivity index (χ1) is 25.6. The number of thiocarbonyl (C=S) groups is 4. The van der Waals surface area contributed by atoms with E-state index in [1.54, 1.807) is 12.1 Å². The largest absolute Gasteiger partial charge is 2.00 e. The van der Waals surface area contributed by atoms with Gasteiger partial charge in [-0.1, -0.05) is 48.9 Å². The van der Waals surface area contributed by atoms with Gasteiger partial charge in [0.15, 0.2) is 0 Å². The zero-order valence-electron chi connectivity index (χ0n) is 35.1. The van der Waals surface area contributed by atoms with Crippen molar-refractivity contribution in [2.45, 2.75) is 143 Å². The van der Waals surface area contributed by atoms with E-state index in [4.69, 9.17) is 32.2 Å². The smallest absolute Gasteiger partial charge is 0.753 e. The third kappa shape index (κ3) is 77.4.